The molecule has 10 rings (SSSR count). The topological polar surface area (TPSA) is 199 Å². The van der Waals surface area contributed by atoms with E-state index < -0.39 is 11.9 Å². The number of benzene rings is 2. The number of hydrogen-bond acceptors (Lipinski definition) is 11. The molecule has 1 saturated heterocycles. The minimum Gasteiger partial charge on any atom is -0.361 e. The largest absolute Gasteiger partial charge is 0.361 e. The summed E-state index contributed by atoms with van der Waals surface area (Å²) in [4.78, 5) is 70.9. The molecule has 1 saturated carbocycles. The fraction of sp³-hybridized carbons (Fsp3) is 0.383. The molecule has 3 amide bonds. The van der Waals surface area contributed by atoms with Gasteiger partial charge in [0.05, 0.1) is 28.8 Å². The monoisotopic (exact) mass is 847 g/mol. The van der Waals surface area contributed by atoms with Crippen LogP contribution in [0.3, 0.4) is 0 Å². The van der Waals surface area contributed by atoms with Gasteiger partial charge in [0.15, 0.2) is 5.82 Å². The molecule has 16 nitrogen and oxygen atoms in total. The minimum absolute atomic E-state index is 0.123. The van der Waals surface area contributed by atoms with Crippen molar-refractivity contribution in [2.75, 3.05) is 5.32 Å². The second kappa shape index (κ2) is 16.1. The van der Waals surface area contributed by atoms with Gasteiger partial charge in [-0.15, -0.1) is 0 Å². The summed E-state index contributed by atoms with van der Waals surface area (Å²) in [6, 6.07) is 11.5. The number of imide groups is 1. The molecule has 0 spiro atoms. The number of anilines is 2. The van der Waals surface area contributed by atoms with E-state index in [0.29, 0.717) is 48.9 Å². The lowest BCUT2D eigenvalue weighted by atomic mass is 9.97. The highest BCUT2D eigenvalue weighted by molar-refractivity contribution is 6.14. The second-order valence-electron chi connectivity index (χ2n) is 17.2. The van der Waals surface area contributed by atoms with Crippen molar-refractivity contribution in [2.24, 2.45) is 0 Å². The Hall–Kier alpha value is -6.97. The molecule has 5 aromatic heterocycles. The second-order valence-corrected chi connectivity index (χ2v) is 17.2. The first-order valence-electron chi connectivity index (χ1n) is 21.9. The maximum Gasteiger partial charge on any atom is 0.255 e. The summed E-state index contributed by atoms with van der Waals surface area (Å²) in [6.07, 6.45) is 9.82. The lowest BCUT2D eigenvalue weighted by Gasteiger charge is -2.29. The van der Waals surface area contributed by atoms with Gasteiger partial charge >= 0.3 is 0 Å². The Morgan fingerprint density at radius 3 is 2.63 bits per heavy atom. The number of unbranched alkanes of at least 4 members (excludes halogenated alkanes) is 1. The first kappa shape index (κ1) is 40.1. The zero-order valence-corrected chi connectivity index (χ0v) is 35.9. The molecule has 322 valence electrons. The highest BCUT2D eigenvalue weighted by atomic mass is 16.5. The summed E-state index contributed by atoms with van der Waals surface area (Å²) in [5.74, 6) is 1.67. The molecule has 2 fully saturated rings. The van der Waals surface area contributed by atoms with E-state index in [1.807, 2.05) is 41.4 Å². The van der Waals surface area contributed by atoms with Crippen LogP contribution in [0.1, 0.15) is 118 Å². The highest BCUT2D eigenvalue weighted by Gasteiger charge is 2.39. The van der Waals surface area contributed by atoms with E-state index in [2.05, 4.69) is 63.9 Å². The number of Topliss-reactive ketones (excluding diaryl/α,β-unsaturated/α-hetero) is 1. The molecule has 1 aliphatic carbocycles. The van der Waals surface area contributed by atoms with Crippen molar-refractivity contribution in [2.45, 2.75) is 117 Å². The van der Waals surface area contributed by atoms with Crippen LogP contribution in [0.5, 0.6) is 0 Å². The standard InChI is InChI=1S/C47H49N11O5/c1-5-58-39(21-35(54-58)29-12-13-29)50-45-42-33-19-25(2)32(41-26(3)55-63-27(41)4)20-36(33)49-44(42)52-43(53-45)38(59)16-14-30-22-56(24-48-30)18-7-6-9-28-10-8-11-31-34(28)23-57(47(31)62)37-15-17-40(60)51-46(37)61/h8,10-11,19-22,24,29,37H,5-7,9,12-18,23H2,1-4H3,(H,51,60,61)(H2,49,50,52,53). The van der Waals surface area contributed by atoms with E-state index in [-0.39, 0.29) is 36.3 Å². The van der Waals surface area contributed by atoms with Gasteiger partial charge in [-0.2, -0.15) is 5.10 Å². The first-order chi connectivity index (χ1) is 30.5. The van der Waals surface area contributed by atoms with Crippen molar-refractivity contribution < 1.29 is 23.7 Å². The van der Waals surface area contributed by atoms with Crippen LogP contribution >= 0.6 is 0 Å². The number of aryl methyl sites for hydroxylation is 7. The molecule has 3 aliphatic rings. The van der Waals surface area contributed by atoms with E-state index in [1.54, 1.807) is 11.2 Å². The number of nitrogens with one attached hydrogen (secondary N) is 3. The number of piperidine rings is 1. The Bertz CT molecular complexity index is 2970. The summed E-state index contributed by atoms with van der Waals surface area (Å²) < 4.78 is 9.50. The number of fused-ring (bicyclic) bond motifs is 4. The van der Waals surface area contributed by atoms with Crippen LogP contribution in [0.2, 0.25) is 0 Å². The van der Waals surface area contributed by atoms with Crippen LogP contribution in [0.25, 0.3) is 33.1 Å². The number of amides is 3. The normalized spacial score (nSPS) is 16.4. The van der Waals surface area contributed by atoms with Crippen molar-refractivity contribution in [1.82, 2.24) is 49.7 Å². The summed E-state index contributed by atoms with van der Waals surface area (Å²) in [7, 11) is 0. The van der Waals surface area contributed by atoms with Gasteiger partial charge in [-0.1, -0.05) is 17.3 Å². The van der Waals surface area contributed by atoms with E-state index >= 15 is 0 Å². The van der Waals surface area contributed by atoms with E-state index in [1.165, 1.54) is 0 Å². The van der Waals surface area contributed by atoms with Gasteiger partial charge in [0.1, 0.15) is 29.1 Å². The molecule has 0 radical (unpaired) electrons. The highest BCUT2D eigenvalue weighted by Crippen LogP contribution is 2.42. The summed E-state index contributed by atoms with van der Waals surface area (Å²) in [6.45, 7) is 9.79. The minimum atomic E-state index is -0.632. The van der Waals surface area contributed by atoms with Crippen molar-refractivity contribution in [3.8, 4) is 11.1 Å². The maximum atomic E-state index is 13.9. The van der Waals surface area contributed by atoms with Gasteiger partial charge in [0.2, 0.25) is 17.6 Å². The Kier molecular flexibility index (Phi) is 10.2. The first-order valence-corrected chi connectivity index (χ1v) is 21.9. The molecule has 1 atom stereocenters. The number of ketones is 1. The Labute approximate surface area is 362 Å². The van der Waals surface area contributed by atoms with Crippen molar-refractivity contribution in [1.29, 1.82) is 0 Å². The van der Waals surface area contributed by atoms with Crippen LogP contribution < -0.4 is 10.6 Å². The summed E-state index contributed by atoms with van der Waals surface area (Å²) >= 11 is 0. The van der Waals surface area contributed by atoms with Crippen LogP contribution in [0.4, 0.5) is 11.6 Å². The molecule has 2 aromatic carbocycles. The van der Waals surface area contributed by atoms with Crippen LogP contribution in [0, 0.1) is 20.8 Å². The van der Waals surface area contributed by atoms with Crippen molar-refractivity contribution >= 4 is 57.1 Å². The van der Waals surface area contributed by atoms with Gasteiger partial charge in [-0.3, -0.25) is 24.5 Å². The molecule has 63 heavy (non-hydrogen) atoms. The van der Waals surface area contributed by atoms with Gasteiger partial charge < -0.3 is 24.3 Å². The van der Waals surface area contributed by atoms with Crippen molar-refractivity contribution in [3.05, 3.63) is 99.8 Å². The number of rotatable bonds is 15. The number of nitrogens with zero attached hydrogens (tertiary/aromatic N) is 8. The number of carbonyl (C=O) groups is 4. The fourth-order valence-electron chi connectivity index (χ4n) is 9.29. The van der Waals surface area contributed by atoms with E-state index in [9.17, 15) is 19.2 Å². The summed E-state index contributed by atoms with van der Waals surface area (Å²) in [5.41, 5.74) is 9.84. The van der Waals surface area contributed by atoms with Gasteiger partial charge in [0, 0.05) is 72.7 Å². The molecule has 2 aliphatic heterocycles. The van der Waals surface area contributed by atoms with Crippen LogP contribution in [-0.2, 0) is 42.1 Å². The molecule has 1 unspecified atom stereocenters. The third-order valence-corrected chi connectivity index (χ3v) is 12.8. The van der Waals surface area contributed by atoms with Gasteiger partial charge in [0.25, 0.3) is 5.91 Å². The Balaban J connectivity index is 0.827. The van der Waals surface area contributed by atoms with Crippen LogP contribution in [-0.4, -0.2) is 73.9 Å². The van der Waals surface area contributed by atoms with Crippen molar-refractivity contribution in [3.63, 3.8) is 0 Å². The number of H-pyrrole nitrogens is 1. The lowest BCUT2D eigenvalue weighted by molar-refractivity contribution is -0.136. The third-order valence-electron chi connectivity index (χ3n) is 12.8. The van der Waals surface area contributed by atoms with Gasteiger partial charge in [-0.05, 0) is 113 Å². The maximum absolute atomic E-state index is 13.9. The molecule has 0 bridgehead atoms. The SMILES string of the molecule is CCn1nc(C2CC2)cc1Nc1nc(C(=O)CCc2cn(CCCCc3cccc4c3CN(C3CCC(=O)NC3=O)C4=O)cn2)nc2[nH]c3cc(-c4c(C)noc4C)c(C)cc3c12. The van der Waals surface area contributed by atoms with Crippen LogP contribution in [0.15, 0.2) is 53.4 Å². The molecule has 3 N–H and O–H groups in total. The Morgan fingerprint density at radius 2 is 1.86 bits per heavy atom. The number of aromatic amines is 1. The number of carbonyl (C=O) groups excluding carboxylic acids is 4. The number of imidazole rings is 1. The van der Waals surface area contributed by atoms with E-state index in [0.717, 1.165) is 111 Å². The van der Waals surface area contributed by atoms with E-state index in [4.69, 9.17) is 19.6 Å². The average molecular weight is 848 g/mol. The van der Waals surface area contributed by atoms with Gasteiger partial charge in [-0.25, -0.2) is 19.6 Å². The quantitative estimate of drug-likeness (QED) is 0.0531. The number of hydrogen-bond donors (Lipinski definition) is 3. The predicted octanol–water partition coefficient (Wildman–Crippen LogP) is 7.32. The summed E-state index contributed by atoms with van der Waals surface area (Å²) in [5, 5.41) is 16.7. The lowest BCUT2D eigenvalue weighted by Crippen LogP contribution is -2.52. The third kappa shape index (κ3) is 7.56. The Morgan fingerprint density at radius 1 is 1.00 bits per heavy atom. The average Bonchev–Trinajstić information content (AvgIpc) is 3.52. The fourth-order valence-corrected chi connectivity index (χ4v) is 9.29. The molecule has 16 heteroatoms. The molecular formula is C47H49N11O5. The molecule has 7 aromatic rings. The zero-order chi connectivity index (χ0) is 43.5. The predicted molar refractivity (Wildman–Crippen MR) is 235 cm³/mol. The molecular weight excluding hydrogens is 799 g/mol. The zero-order valence-electron chi connectivity index (χ0n) is 35.9. The number of aromatic nitrogens is 8. The smallest absolute Gasteiger partial charge is 0.255 e. The molecule has 7 heterocycles.